The van der Waals surface area contributed by atoms with E-state index in [1.54, 1.807) is 76.5 Å². The maximum absolute atomic E-state index is 13.5. The van der Waals surface area contributed by atoms with Crippen molar-refractivity contribution in [2.45, 2.75) is 46.4 Å². The number of aliphatic hydroxyl groups is 1. The average Bonchev–Trinajstić information content (AvgIpc) is 3.29. The summed E-state index contributed by atoms with van der Waals surface area (Å²) in [5.74, 6) is -2.09. The van der Waals surface area contributed by atoms with Crippen molar-refractivity contribution in [3.8, 4) is 0 Å². The molecule has 0 saturated heterocycles. The van der Waals surface area contributed by atoms with Gasteiger partial charge in [0.15, 0.2) is 5.76 Å². The zero-order chi connectivity index (χ0) is 25.3. The van der Waals surface area contributed by atoms with Crippen molar-refractivity contribution in [1.29, 1.82) is 0 Å². The molecule has 0 radical (unpaired) electrons. The molecule has 9 heteroatoms. The van der Waals surface area contributed by atoms with Crippen LogP contribution in [0.3, 0.4) is 0 Å². The minimum atomic E-state index is -0.823. The second-order valence-electron chi connectivity index (χ2n) is 8.51. The number of aliphatic hydroxyl groups excluding tert-OH is 1. The molecule has 0 bridgehead atoms. The standard InChI is InChI=1S/C26H25N3O5S/c1-14(2)34-26(33)18-9-7-17(8-10-18)13-29-21(19-6-5-11-27-12-19)20(23(31)25(29)32)22(30)24-15(3)28-16(4)35-24/h5-12,14,21,31H,13H2,1-4H3. The highest BCUT2D eigenvalue weighted by molar-refractivity contribution is 7.14. The first-order chi connectivity index (χ1) is 16.7. The number of thiazole rings is 1. The van der Waals surface area contributed by atoms with Crippen molar-refractivity contribution in [1.82, 2.24) is 14.9 Å². The highest BCUT2D eigenvalue weighted by Crippen LogP contribution is 2.40. The van der Waals surface area contributed by atoms with Gasteiger partial charge in [-0.3, -0.25) is 14.6 Å². The molecule has 2 aromatic heterocycles. The van der Waals surface area contributed by atoms with Gasteiger partial charge in [0.1, 0.15) is 0 Å². The Labute approximate surface area is 206 Å². The minimum absolute atomic E-state index is 0.00637. The number of hydrogen-bond donors (Lipinski definition) is 1. The molecular formula is C26H25N3O5S. The van der Waals surface area contributed by atoms with Crippen LogP contribution in [-0.2, 0) is 16.1 Å². The number of nitrogens with zero attached hydrogens (tertiary/aromatic N) is 3. The molecule has 0 aliphatic carbocycles. The fourth-order valence-corrected chi connectivity index (χ4v) is 4.90. The lowest BCUT2D eigenvalue weighted by atomic mass is 9.96. The molecule has 0 saturated carbocycles. The highest BCUT2D eigenvalue weighted by atomic mass is 32.1. The molecule has 180 valence electrons. The fraction of sp³-hybridized carbons (Fsp3) is 0.269. The van der Waals surface area contributed by atoms with Crippen molar-refractivity contribution >= 4 is 29.0 Å². The zero-order valence-corrected chi connectivity index (χ0v) is 20.6. The van der Waals surface area contributed by atoms with Crippen LogP contribution in [0.5, 0.6) is 0 Å². The van der Waals surface area contributed by atoms with Gasteiger partial charge in [-0.1, -0.05) is 18.2 Å². The molecule has 4 rings (SSSR count). The number of ketones is 1. The van der Waals surface area contributed by atoms with Gasteiger partial charge in [-0.15, -0.1) is 11.3 Å². The van der Waals surface area contributed by atoms with Gasteiger partial charge in [0.25, 0.3) is 5.91 Å². The number of pyridine rings is 1. The zero-order valence-electron chi connectivity index (χ0n) is 19.8. The molecular weight excluding hydrogens is 466 g/mol. The molecule has 1 amide bonds. The third-order valence-corrected chi connectivity index (χ3v) is 6.62. The molecule has 8 nitrogen and oxygen atoms in total. The Bertz CT molecular complexity index is 1310. The van der Waals surface area contributed by atoms with Gasteiger partial charge in [0.05, 0.1) is 38.9 Å². The molecule has 1 aliphatic rings. The van der Waals surface area contributed by atoms with Crippen LogP contribution >= 0.6 is 11.3 Å². The average molecular weight is 492 g/mol. The van der Waals surface area contributed by atoms with E-state index in [9.17, 15) is 19.5 Å². The lowest BCUT2D eigenvalue weighted by Crippen LogP contribution is -2.30. The molecule has 3 aromatic rings. The summed E-state index contributed by atoms with van der Waals surface area (Å²) in [6, 6.07) is 9.35. The number of amides is 1. The topological polar surface area (TPSA) is 110 Å². The quantitative estimate of drug-likeness (QED) is 0.383. The summed E-state index contributed by atoms with van der Waals surface area (Å²) >= 11 is 1.23. The van der Waals surface area contributed by atoms with Crippen molar-refractivity contribution < 1.29 is 24.2 Å². The van der Waals surface area contributed by atoms with Gasteiger partial charge in [0.2, 0.25) is 5.78 Å². The Morgan fingerprint density at radius 1 is 1.17 bits per heavy atom. The van der Waals surface area contributed by atoms with E-state index in [2.05, 4.69) is 9.97 Å². The maximum Gasteiger partial charge on any atom is 0.338 e. The third-order valence-electron chi connectivity index (χ3n) is 5.54. The van der Waals surface area contributed by atoms with Gasteiger partial charge in [-0.25, -0.2) is 9.78 Å². The Balaban J connectivity index is 1.68. The normalized spacial score (nSPS) is 15.7. The lowest BCUT2D eigenvalue weighted by Gasteiger charge is -2.26. The molecule has 0 spiro atoms. The first-order valence-corrected chi connectivity index (χ1v) is 11.9. The van der Waals surface area contributed by atoms with Crippen LogP contribution in [0.2, 0.25) is 0 Å². The number of hydrogen-bond acceptors (Lipinski definition) is 8. The van der Waals surface area contributed by atoms with Crippen molar-refractivity contribution in [2.24, 2.45) is 0 Å². The minimum Gasteiger partial charge on any atom is -0.503 e. The maximum atomic E-state index is 13.5. The van der Waals surface area contributed by atoms with Crippen LogP contribution in [0, 0.1) is 13.8 Å². The lowest BCUT2D eigenvalue weighted by molar-refractivity contribution is -0.130. The van der Waals surface area contributed by atoms with Gasteiger partial charge < -0.3 is 14.7 Å². The number of ether oxygens (including phenoxy) is 1. The predicted molar refractivity (Wildman–Crippen MR) is 130 cm³/mol. The largest absolute Gasteiger partial charge is 0.503 e. The van der Waals surface area contributed by atoms with E-state index in [0.717, 1.165) is 10.6 Å². The summed E-state index contributed by atoms with van der Waals surface area (Å²) in [4.78, 5) is 49.2. The summed E-state index contributed by atoms with van der Waals surface area (Å²) in [7, 11) is 0. The summed E-state index contributed by atoms with van der Waals surface area (Å²) < 4.78 is 5.22. The fourth-order valence-electron chi connectivity index (χ4n) is 4.02. The number of Topliss-reactive ketones (excluding diaryl/α,β-unsaturated/α-hetero) is 1. The summed E-state index contributed by atoms with van der Waals surface area (Å²) in [6.45, 7) is 7.19. The van der Waals surface area contributed by atoms with Crippen molar-refractivity contribution in [3.05, 3.63) is 92.4 Å². The number of aryl methyl sites for hydroxylation is 2. The van der Waals surface area contributed by atoms with Crippen LogP contribution < -0.4 is 0 Å². The summed E-state index contributed by atoms with van der Waals surface area (Å²) in [5.41, 5.74) is 2.28. The first kappa shape index (κ1) is 24.3. The number of carbonyl (C=O) groups is 3. The van der Waals surface area contributed by atoms with Crippen LogP contribution in [-0.4, -0.2) is 43.7 Å². The molecule has 35 heavy (non-hydrogen) atoms. The van der Waals surface area contributed by atoms with Crippen LogP contribution in [0.4, 0.5) is 0 Å². The summed E-state index contributed by atoms with van der Waals surface area (Å²) in [6.07, 6.45) is 2.94. The Kier molecular flexibility index (Phi) is 6.79. The highest BCUT2D eigenvalue weighted by Gasteiger charge is 2.44. The molecule has 1 aliphatic heterocycles. The Morgan fingerprint density at radius 2 is 1.89 bits per heavy atom. The third kappa shape index (κ3) is 4.85. The van der Waals surface area contributed by atoms with Crippen molar-refractivity contribution in [2.75, 3.05) is 0 Å². The molecule has 1 unspecified atom stereocenters. The Morgan fingerprint density at radius 3 is 2.46 bits per heavy atom. The van der Waals surface area contributed by atoms with Gasteiger partial charge in [-0.2, -0.15) is 0 Å². The molecule has 1 aromatic carbocycles. The van der Waals surface area contributed by atoms with E-state index < -0.39 is 29.5 Å². The van der Waals surface area contributed by atoms with E-state index >= 15 is 0 Å². The monoisotopic (exact) mass is 491 g/mol. The molecule has 3 heterocycles. The molecule has 1 atom stereocenters. The predicted octanol–water partition coefficient (Wildman–Crippen LogP) is 4.50. The molecule has 0 fully saturated rings. The Hall–Kier alpha value is -3.85. The van der Waals surface area contributed by atoms with Crippen LogP contribution in [0.15, 0.2) is 60.1 Å². The van der Waals surface area contributed by atoms with Gasteiger partial charge >= 0.3 is 5.97 Å². The van der Waals surface area contributed by atoms with E-state index in [-0.39, 0.29) is 18.2 Å². The van der Waals surface area contributed by atoms with Crippen molar-refractivity contribution in [3.63, 3.8) is 0 Å². The van der Waals surface area contributed by atoms with Crippen LogP contribution in [0.25, 0.3) is 0 Å². The first-order valence-electron chi connectivity index (χ1n) is 11.1. The van der Waals surface area contributed by atoms with E-state index in [0.29, 0.717) is 21.7 Å². The second kappa shape index (κ2) is 9.79. The number of carbonyl (C=O) groups excluding carboxylic acids is 3. The summed E-state index contributed by atoms with van der Waals surface area (Å²) in [5, 5.41) is 11.6. The van der Waals surface area contributed by atoms with Gasteiger partial charge in [0, 0.05) is 18.9 Å². The number of benzene rings is 1. The van der Waals surface area contributed by atoms with E-state index in [4.69, 9.17) is 4.74 Å². The van der Waals surface area contributed by atoms with E-state index in [1.807, 2.05) is 0 Å². The SMILES string of the molecule is Cc1nc(C)c(C(=O)C2=C(O)C(=O)N(Cc3ccc(C(=O)OC(C)C)cc3)C2c2cccnc2)s1. The van der Waals surface area contributed by atoms with Crippen LogP contribution in [0.1, 0.15) is 61.7 Å². The number of rotatable bonds is 7. The second-order valence-corrected chi connectivity index (χ2v) is 9.71. The van der Waals surface area contributed by atoms with E-state index in [1.165, 1.54) is 16.2 Å². The van der Waals surface area contributed by atoms with Gasteiger partial charge in [-0.05, 0) is 57.0 Å². The number of aromatic nitrogens is 2. The molecule has 1 N–H and O–H groups in total. The smallest absolute Gasteiger partial charge is 0.338 e. The number of esters is 1.